The third-order valence-electron chi connectivity index (χ3n) is 1.91. The van der Waals surface area contributed by atoms with Crippen LogP contribution in [-0.4, -0.2) is 9.55 Å². The molecule has 1 aromatic heterocycles. The zero-order chi connectivity index (χ0) is 9.26. The Kier molecular flexibility index (Phi) is 1.87. The van der Waals surface area contributed by atoms with Gasteiger partial charge in [-0.15, -0.1) is 0 Å². The first-order valence-electron chi connectivity index (χ1n) is 3.87. The van der Waals surface area contributed by atoms with Crippen molar-refractivity contribution in [2.45, 2.75) is 6.54 Å². The number of imidazole rings is 1. The normalized spacial score (nSPS) is 10.1. The van der Waals surface area contributed by atoms with Crippen LogP contribution in [-0.2, 0) is 6.54 Å². The Morgan fingerprint density at radius 1 is 1.46 bits per heavy atom. The van der Waals surface area contributed by atoms with Gasteiger partial charge in [0.25, 0.3) is 0 Å². The number of hydrogen-bond acceptors (Lipinski definition) is 2. The Morgan fingerprint density at radius 2 is 2.23 bits per heavy atom. The van der Waals surface area contributed by atoms with Crippen molar-refractivity contribution in [2.24, 2.45) is 0 Å². The maximum atomic E-state index is 8.59. The van der Waals surface area contributed by atoms with E-state index in [9.17, 15) is 0 Å². The van der Waals surface area contributed by atoms with E-state index in [1.807, 2.05) is 24.3 Å². The van der Waals surface area contributed by atoms with Crippen LogP contribution in [0.4, 0.5) is 0 Å². The van der Waals surface area contributed by atoms with Crippen molar-refractivity contribution in [3.63, 3.8) is 0 Å². The molecule has 3 nitrogen and oxygen atoms in total. The molecule has 0 aliphatic carbocycles. The lowest BCUT2D eigenvalue weighted by atomic mass is 10.3. The number of benzene rings is 1. The fraction of sp³-hybridized carbons (Fsp3) is 0.111. The highest BCUT2D eigenvalue weighted by atomic mass is 32.1. The first-order valence-corrected chi connectivity index (χ1v) is 4.28. The average molecular weight is 189 g/mol. The lowest BCUT2D eigenvalue weighted by Gasteiger charge is -1.95. The van der Waals surface area contributed by atoms with Crippen LogP contribution in [0.2, 0.25) is 0 Å². The predicted octanol–water partition coefficient (Wildman–Crippen LogP) is 2.22. The quantitative estimate of drug-likeness (QED) is 0.699. The van der Waals surface area contributed by atoms with E-state index in [4.69, 9.17) is 17.5 Å². The van der Waals surface area contributed by atoms with Gasteiger partial charge in [-0.2, -0.15) is 5.26 Å². The van der Waals surface area contributed by atoms with Gasteiger partial charge in [-0.25, -0.2) is 0 Å². The maximum Gasteiger partial charge on any atom is 0.179 e. The Morgan fingerprint density at radius 3 is 3.00 bits per heavy atom. The molecule has 1 heterocycles. The van der Waals surface area contributed by atoms with Crippen molar-refractivity contribution in [3.8, 4) is 6.07 Å². The molecule has 0 spiro atoms. The molecule has 2 rings (SSSR count). The van der Waals surface area contributed by atoms with Crippen molar-refractivity contribution in [1.29, 1.82) is 5.26 Å². The molecule has 4 heteroatoms. The molecule has 0 fully saturated rings. The highest BCUT2D eigenvalue weighted by Crippen LogP contribution is 2.12. The molecule has 1 aromatic carbocycles. The summed E-state index contributed by atoms with van der Waals surface area (Å²) in [6.07, 6.45) is 0. The molecule has 1 N–H and O–H groups in total. The second kappa shape index (κ2) is 3.04. The molecule has 0 atom stereocenters. The standard InChI is InChI=1S/C9H7N3S/c10-5-6-12-8-4-2-1-3-7(8)11-9(12)13/h1-4H,6H2,(H,11,13). The second-order valence-electron chi connectivity index (χ2n) is 2.69. The minimum Gasteiger partial charge on any atom is -0.331 e. The van der Waals surface area contributed by atoms with Gasteiger partial charge in [-0.3, -0.25) is 0 Å². The van der Waals surface area contributed by atoms with Crippen molar-refractivity contribution < 1.29 is 0 Å². The highest BCUT2D eigenvalue weighted by Gasteiger charge is 2.01. The molecule has 0 radical (unpaired) electrons. The van der Waals surface area contributed by atoms with Crippen LogP contribution in [0.3, 0.4) is 0 Å². The number of nitriles is 1. The van der Waals surface area contributed by atoms with E-state index in [1.165, 1.54) is 0 Å². The van der Waals surface area contributed by atoms with Gasteiger partial charge in [0.1, 0.15) is 6.54 Å². The van der Waals surface area contributed by atoms with Gasteiger partial charge >= 0.3 is 0 Å². The zero-order valence-electron chi connectivity index (χ0n) is 6.82. The van der Waals surface area contributed by atoms with Gasteiger partial charge in [-0.1, -0.05) is 12.1 Å². The SMILES string of the molecule is N#CCn1c(=S)[nH]c2ccccc21. The Bertz CT molecular complexity index is 530. The summed E-state index contributed by atoms with van der Waals surface area (Å²) in [4.78, 5) is 3.04. The molecule has 0 aliphatic rings. The van der Waals surface area contributed by atoms with Crippen LogP contribution in [0.1, 0.15) is 0 Å². The number of rotatable bonds is 1. The molecule has 0 bridgehead atoms. The number of nitrogens with zero attached hydrogens (tertiary/aromatic N) is 2. The van der Waals surface area contributed by atoms with E-state index in [0.717, 1.165) is 11.0 Å². The van der Waals surface area contributed by atoms with Crippen LogP contribution in [0.5, 0.6) is 0 Å². The third kappa shape index (κ3) is 1.23. The summed E-state index contributed by atoms with van der Waals surface area (Å²) in [7, 11) is 0. The molecule has 0 saturated heterocycles. The zero-order valence-corrected chi connectivity index (χ0v) is 7.64. The lowest BCUT2D eigenvalue weighted by Crippen LogP contribution is -1.94. The molecule has 13 heavy (non-hydrogen) atoms. The van der Waals surface area contributed by atoms with Crippen LogP contribution >= 0.6 is 12.2 Å². The molecule has 0 unspecified atom stereocenters. The Labute approximate surface area is 80.2 Å². The minimum absolute atomic E-state index is 0.294. The summed E-state index contributed by atoms with van der Waals surface area (Å²) >= 11 is 5.07. The summed E-state index contributed by atoms with van der Waals surface area (Å²) < 4.78 is 2.38. The third-order valence-corrected chi connectivity index (χ3v) is 2.23. The topological polar surface area (TPSA) is 44.5 Å². The molecule has 0 amide bonds. The van der Waals surface area contributed by atoms with Gasteiger partial charge in [0.15, 0.2) is 4.77 Å². The fourth-order valence-electron chi connectivity index (χ4n) is 1.33. The predicted molar refractivity (Wildman–Crippen MR) is 52.7 cm³/mol. The van der Waals surface area contributed by atoms with E-state index >= 15 is 0 Å². The largest absolute Gasteiger partial charge is 0.331 e. The first kappa shape index (κ1) is 8.02. The summed E-state index contributed by atoms with van der Waals surface area (Å²) in [6.45, 7) is 0.294. The summed E-state index contributed by atoms with van der Waals surface area (Å²) in [5.41, 5.74) is 1.96. The summed E-state index contributed by atoms with van der Waals surface area (Å²) in [5, 5.41) is 8.59. The van der Waals surface area contributed by atoms with Crippen molar-refractivity contribution in [3.05, 3.63) is 29.0 Å². The Hall–Kier alpha value is -1.60. The van der Waals surface area contributed by atoms with E-state index in [2.05, 4.69) is 11.1 Å². The average Bonchev–Trinajstić information content (AvgIpc) is 2.44. The van der Waals surface area contributed by atoms with Crippen LogP contribution in [0.15, 0.2) is 24.3 Å². The van der Waals surface area contributed by atoms with Crippen LogP contribution < -0.4 is 0 Å². The summed E-state index contributed by atoms with van der Waals surface area (Å²) in [6, 6.07) is 9.83. The van der Waals surface area contributed by atoms with Gasteiger partial charge < -0.3 is 9.55 Å². The monoisotopic (exact) mass is 189 g/mol. The number of nitrogens with one attached hydrogen (secondary N) is 1. The number of hydrogen-bond donors (Lipinski definition) is 1. The number of H-pyrrole nitrogens is 1. The van der Waals surface area contributed by atoms with Crippen molar-refractivity contribution in [1.82, 2.24) is 9.55 Å². The molecule has 64 valence electrons. The van der Waals surface area contributed by atoms with Gasteiger partial charge in [-0.05, 0) is 24.4 Å². The van der Waals surface area contributed by atoms with E-state index in [-0.39, 0.29) is 0 Å². The smallest absolute Gasteiger partial charge is 0.179 e. The number of para-hydroxylation sites is 2. The lowest BCUT2D eigenvalue weighted by molar-refractivity contribution is 0.844. The molecule has 0 aliphatic heterocycles. The first-order chi connectivity index (χ1) is 6.33. The Balaban J connectivity index is 2.80. The number of fused-ring (bicyclic) bond motifs is 1. The van der Waals surface area contributed by atoms with E-state index in [0.29, 0.717) is 11.3 Å². The van der Waals surface area contributed by atoms with Gasteiger partial charge in [0.2, 0.25) is 0 Å². The molecule has 0 saturated carbocycles. The minimum atomic E-state index is 0.294. The van der Waals surface area contributed by atoms with E-state index in [1.54, 1.807) is 4.57 Å². The number of aromatic nitrogens is 2. The molecular weight excluding hydrogens is 182 g/mol. The van der Waals surface area contributed by atoms with Gasteiger partial charge in [0.05, 0.1) is 17.1 Å². The van der Waals surface area contributed by atoms with Crippen LogP contribution in [0.25, 0.3) is 11.0 Å². The molecular formula is C9H7N3S. The number of aromatic amines is 1. The van der Waals surface area contributed by atoms with Crippen LogP contribution in [0, 0.1) is 16.1 Å². The van der Waals surface area contributed by atoms with Crippen molar-refractivity contribution >= 4 is 23.3 Å². The highest BCUT2D eigenvalue weighted by molar-refractivity contribution is 7.71. The second-order valence-corrected chi connectivity index (χ2v) is 3.08. The van der Waals surface area contributed by atoms with Gasteiger partial charge in [0, 0.05) is 0 Å². The van der Waals surface area contributed by atoms with Crippen molar-refractivity contribution in [2.75, 3.05) is 0 Å². The fourth-order valence-corrected chi connectivity index (χ4v) is 1.61. The summed E-state index contributed by atoms with van der Waals surface area (Å²) in [5.74, 6) is 0. The van der Waals surface area contributed by atoms with E-state index < -0.39 is 0 Å². The maximum absolute atomic E-state index is 8.59. The molecule has 2 aromatic rings.